The number of thiocarbonyl (C=S) groups is 2. The molecule has 5 heteroatoms. The summed E-state index contributed by atoms with van der Waals surface area (Å²) in [4.78, 5) is 5.83. The lowest BCUT2D eigenvalue weighted by molar-refractivity contribution is 0.619. The summed E-state index contributed by atoms with van der Waals surface area (Å²) < 4.78 is 0. The van der Waals surface area contributed by atoms with Gasteiger partial charge in [-0.2, -0.15) is 0 Å². The third kappa shape index (κ3) is 5.27. The topological polar surface area (TPSA) is 6.48 Å². The van der Waals surface area contributed by atoms with Crippen LogP contribution in [0.2, 0.25) is 0 Å². The lowest BCUT2D eigenvalue weighted by Gasteiger charge is -2.30. The standard InChI is InChI=1S/C20H24N2S3/c1-21(2)19(23)17(15-11-7-5-8-12-15)25-18(20(24)22(3)4)16-13-9-6-10-14-16/h5-14,17-18H,1-4H3. The molecule has 132 valence electrons. The number of thioether (sulfide) groups is 1. The molecule has 2 rings (SSSR count). The smallest absolute Gasteiger partial charge is 0.0951 e. The Labute approximate surface area is 166 Å². The first kappa shape index (κ1) is 19.9. The molecule has 0 spiro atoms. The van der Waals surface area contributed by atoms with Crippen molar-refractivity contribution in [2.45, 2.75) is 10.5 Å². The third-order valence-electron chi connectivity index (χ3n) is 3.81. The Bertz CT molecular complexity index is 638. The summed E-state index contributed by atoms with van der Waals surface area (Å²) in [5.41, 5.74) is 2.40. The van der Waals surface area contributed by atoms with Gasteiger partial charge in [-0.3, -0.25) is 0 Å². The second kappa shape index (κ2) is 9.32. The number of nitrogens with zero attached hydrogens (tertiary/aromatic N) is 2. The molecule has 0 aliphatic rings. The first-order valence-electron chi connectivity index (χ1n) is 8.09. The van der Waals surface area contributed by atoms with E-state index in [1.54, 1.807) is 11.8 Å². The fourth-order valence-electron chi connectivity index (χ4n) is 2.42. The maximum atomic E-state index is 5.75. The maximum absolute atomic E-state index is 5.75. The van der Waals surface area contributed by atoms with E-state index >= 15 is 0 Å². The van der Waals surface area contributed by atoms with Gasteiger partial charge in [-0.1, -0.05) is 85.1 Å². The molecule has 0 aliphatic heterocycles. The van der Waals surface area contributed by atoms with Gasteiger partial charge in [-0.25, -0.2) is 0 Å². The van der Waals surface area contributed by atoms with E-state index in [9.17, 15) is 0 Å². The van der Waals surface area contributed by atoms with E-state index in [0.717, 1.165) is 9.98 Å². The van der Waals surface area contributed by atoms with Crippen molar-refractivity contribution in [3.8, 4) is 0 Å². The highest BCUT2D eigenvalue weighted by Gasteiger charge is 2.28. The van der Waals surface area contributed by atoms with Crippen LogP contribution in [0.25, 0.3) is 0 Å². The Hall–Kier alpha value is -1.43. The molecule has 2 atom stereocenters. The highest BCUT2D eigenvalue weighted by molar-refractivity contribution is 8.03. The zero-order chi connectivity index (χ0) is 18.4. The van der Waals surface area contributed by atoms with Crippen LogP contribution in [-0.2, 0) is 0 Å². The van der Waals surface area contributed by atoms with Crippen molar-refractivity contribution in [2.75, 3.05) is 28.2 Å². The number of benzene rings is 2. The average molecular weight is 389 g/mol. The van der Waals surface area contributed by atoms with Gasteiger partial charge in [0.25, 0.3) is 0 Å². The Morgan fingerprint density at radius 3 is 1.28 bits per heavy atom. The molecule has 2 aromatic carbocycles. The lowest BCUT2D eigenvalue weighted by atomic mass is 10.1. The van der Waals surface area contributed by atoms with Gasteiger partial charge >= 0.3 is 0 Å². The fraction of sp³-hybridized carbons (Fsp3) is 0.300. The van der Waals surface area contributed by atoms with Crippen LogP contribution in [-0.4, -0.2) is 48.0 Å². The van der Waals surface area contributed by atoms with Gasteiger partial charge in [-0.05, 0) is 11.1 Å². The van der Waals surface area contributed by atoms with Crippen molar-refractivity contribution in [3.63, 3.8) is 0 Å². The molecule has 0 aliphatic carbocycles. The van der Waals surface area contributed by atoms with Crippen LogP contribution in [0, 0.1) is 0 Å². The molecule has 2 aromatic rings. The van der Waals surface area contributed by atoms with Crippen LogP contribution < -0.4 is 0 Å². The van der Waals surface area contributed by atoms with E-state index in [1.807, 2.05) is 50.1 Å². The Kier molecular flexibility index (Phi) is 7.41. The molecule has 25 heavy (non-hydrogen) atoms. The van der Waals surface area contributed by atoms with Gasteiger partial charge in [0, 0.05) is 28.2 Å². The molecule has 0 amide bonds. The van der Waals surface area contributed by atoms with Gasteiger partial charge in [0.15, 0.2) is 0 Å². The van der Waals surface area contributed by atoms with Crippen molar-refractivity contribution in [1.29, 1.82) is 0 Å². The molecule has 0 bridgehead atoms. The van der Waals surface area contributed by atoms with Crippen LogP contribution >= 0.6 is 36.2 Å². The van der Waals surface area contributed by atoms with Gasteiger partial charge in [0.2, 0.25) is 0 Å². The highest BCUT2D eigenvalue weighted by Crippen LogP contribution is 2.43. The second-order valence-corrected chi connectivity index (χ2v) is 8.23. The SMILES string of the molecule is CN(C)C(=S)C(SC(C(=S)N(C)C)c1ccccc1)c1ccccc1. The minimum absolute atomic E-state index is 0.0642. The van der Waals surface area contributed by atoms with Crippen LogP contribution in [0.3, 0.4) is 0 Å². The average Bonchev–Trinajstić information content (AvgIpc) is 2.63. The number of hydrogen-bond acceptors (Lipinski definition) is 3. The quantitative estimate of drug-likeness (QED) is 0.642. The number of likely N-dealkylation sites (N-methyl/N-ethyl adjacent to an activating group) is 2. The maximum Gasteiger partial charge on any atom is 0.0951 e. The lowest BCUT2D eigenvalue weighted by Crippen LogP contribution is -2.29. The normalized spacial score (nSPS) is 13.0. The van der Waals surface area contributed by atoms with Crippen molar-refractivity contribution in [1.82, 2.24) is 9.80 Å². The molecule has 0 fully saturated rings. The molecule has 2 nitrogen and oxygen atoms in total. The zero-order valence-electron chi connectivity index (χ0n) is 15.0. The first-order chi connectivity index (χ1) is 11.9. The molecule has 0 radical (unpaired) electrons. The zero-order valence-corrected chi connectivity index (χ0v) is 17.5. The molecule has 0 heterocycles. The fourth-order valence-corrected chi connectivity index (χ4v) is 4.58. The van der Waals surface area contributed by atoms with E-state index < -0.39 is 0 Å². The van der Waals surface area contributed by atoms with Crippen molar-refractivity contribution >= 4 is 46.2 Å². The predicted octanol–water partition coefficient (Wildman–Crippen LogP) is 4.98. The predicted molar refractivity (Wildman–Crippen MR) is 119 cm³/mol. The van der Waals surface area contributed by atoms with Gasteiger partial charge in [0.1, 0.15) is 0 Å². The summed E-state index contributed by atoms with van der Waals surface area (Å²) in [5.74, 6) is 0. The van der Waals surface area contributed by atoms with Gasteiger partial charge < -0.3 is 9.80 Å². The third-order valence-corrected chi connectivity index (χ3v) is 6.84. The minimum atomic E-state index is 0.0642. The Morgan fingerprint density at radius 2 is 1.00 bits per heavy atom. The van der Waals surface area contributed by atoms with Crippen LogP contribution in [0.4, 0.5) is 0 Å². The number of rotatable bonds is 6. The van der Waals surface area contributed by atoms with Crippen LogP contribution in [0.15, 0.2) is 60.7 Å². The van der Waals surface area contributed by atoms with E-state index in [0.29, 0.717) is 0 Å². The summed E-state index contributed by atoms with van der Waals surface area (Å²) in [6, 6.07) is 20.8. The first-order valence-corrected chi connectivity index (χ1v) is 9.85. The molecule has 0 N–H and O–H groups in total. The molecular formula is C20H24N2S3. The molecular weight excluding hydrogens is 364 g/mol. The summed E-state index contributed by atoms with van der Waals surface area (Å²) >= 11 is 13.3. The molecule has 2 unspecified atom stereocenters. The van der Waals surface area contributed by atoms with E-state index in [1.165, 1.54) is 11.1 Å². The summed E-state index contributed by atoms with van der Waals surface area (Å²) in [5, 5.41) is 0.128. The summed E-state index contributed by atoms with van der Waals surface area (Å²) in [7, 11) is 8.00. The summed E-state index contributed by atoms with van der Waals surface area (Å²) in [6.07, 6.45) is 0. The van der Waals surface area contributed by atoms with Crippen molar-refractivity contribution in [2.24, 2.45) is 0 Å². The Morgan fingerprint density at radius 1 is 0.680 bits per heavy atom. The summed E-state index contributed by atoms with van der Waals surface area (Å²) in [6.45, 7) is 0. The second-order valence-electron chi connectivity index (χ2n) is 6.18. The largest absolute Gasteiger partial charge is 0.371 e. The Balaban J connectivity index is 2.41. The highest BCUT2D eigenvalue weighted by atomic mass is 32.2. The van der Waals surface area contributed by atoms with Gasteiger partial charge in [0.05, 0.1) is 20.5 Å². The van der Waals surface area contributed by atoms with E-state index in [2.05, 4.69) is 48.5 Å². The minimum Gasteiger partial charge on any atom is -0.371 e. The number of hydrogen-bond donors (Lipinski definition) is 0. The van der Waals surface area contributed by atoms with Crippen molar-refractivity contribution in [3.05, 3.63) is 71.8 Å². The molecule has 0 saturated heterocycles. The van der Waals surface area contributed by atoms with Crippen molar-refractivity contribution < 1.29 is 0 Å². The van der Waals surface area contributed by atoms with E-state index in [4.69, 9.17) is 24.4 Å². The van der Waals surface area contributed by atoms with Crippen LogP contribution in [0.5, 0.6) is 0 Å². The monoisotopic (exact) mass is 388 g/mol. The van der Waals surface area contributed by atoms with Crippen LogP contribution in [0.1, 0.15) is 21.6 Å². The van der Waals surface area contributed by atoms with E-state index in [-0.39, 0.29) is 10.5 Å². The molecule has 0 aromatic heterocycles. The molecule has 0 saturated carbocycles. The van der Waals surface area contributed by atoms with Gasteiger partial charge in [-0.15, -0.1) is 11.8 Å².